The highest BCUT2D eigenvalue weighted by molar-refractivity contribution is 5.88. The lowest BCUT2D eigenvalue weighted by atomic mass is 10.1. The van der Waals surface area contributed by atoms with Crippen molar-refractivity contribution in [2.45, 2.75) is 25.3 Å². The number of alkyl halides is 2. The van der Waals surface area contributed by atoms with Gasteiger partial charge in [-0.15, -0.1) is 0 Å². The monoisotopic (exact) mass is 422 g/mol. The Morgan fingerprint density at radius 1 is 1.13 bits per heavy atom. The van der Waals surface area contributed by atoms with Crippen LogP contribution in [-0.2, 0) is 11.3 Å². The standard InChI is InChI=1S/C20H24F2N4O4/c1-28-14-5-4-13(16(10-14)29-2)12-23-17-11-15(18(27)30-3)24-19(25-17)26-8-6-20(21,22)7-9-26/h4-5,10-11H,6-9,12H2,1-3H3,(H,23,24,25). The van der Waals surface area contributed by atoms with Gasteiger partial charge in [-0.05, 0) is 12.1 Å². The van der Waals surface area contributed by atoms with Crippen LogP contribution in [0.5, 0.6) is 11.5 Å². The number of benzene rings is 1. The molecule has 1 fully saturated rings. The number of ether oxygens (including phenoxy) is 3. The van der Waals surface area contributed by atoms with Crippen molar-refractivity contribution in [1.82, 2.24) is 9.97 Å². The van der Waals surface area contributed by atoms with Crippen LogP contribution >= 0.6 is 0 Å². The lowest BCUT2D eigenvalue weighted by Crippen LogP contribution is -2.40. The van der Waals surface area contributed by atoms with Crippen LogP contribution in [0, 0.1) is 0 Å². The number of halogens is 2. The zero-order valence-corrected chi connectivity index (χ0v) is 17.1. The predicted molar refractivity (Wildman–Crippen MR) is 107 cm³/mol. The minimum Gasteiger partial charge on any atom is -0.497 e. The number of rotatable bonds is 7. The maximum absolute atomic E-state index is 13.5. The van der Waals surface area contributed by atoms with E-state index in [0.29, 0.717) is 23.9 Å². The van der Waals surface area contributed by atoms with Crippen LogP contribution in [-0.4, -0.2) is 56.3 Å². The van der Waals surface area contributed by atoms with Crippen LogP contribution in [0.1, 0.15) is 28.9 Å². The maximum atomic E-state index is 13.5. The average Bonchev–Trinajstić information content (AvgIpc) is 2.76. The second-order valence-electron chi connectivity index (χ2n) is 6.80. The summed E-state index contributed by atoms with van der Waals surface area (Å²) in [6.45, 7) is 0.551. The van der Waals surface area contributed by atoms with E-state index in [4.69, 9.17) is 14.2 Å². The fraction of sp³-hybridized carbons (Fsp3) is 0.450. The molecule has 1 aliphatic heterocycles. The van der Waals surface area contributed by atoms with E-state index in [0.717, 1.165) is 5.56 Å². The van der Waals surface area contributed by atoms with Crippen LogP contribution in [0.25, 0.3) is 0 Å². The lowest BCUT2D eigenvalue weighted by Gasteiger charge is -2.32. The van der Waals surface area contributed by atoms with Gasteiger partial charge in [0.15, 0.2) is 5.69 Å². The van der Waals surface area contributed by atoms with Crippen LogP contribution in [0.3, 0.4) is 0 Å². The number of hydrogen-bond acceptors (Lipinski definition) is 8. The first-order valence-corrected chi connectivity index (χ1v) is 9.40. The topological polar surface area (TPSA) is 85.8 Å². The summed E-state index contributed by atoms with van der Waals surface area (Å²) in [5, 5.41) is 3.13. The van der Waals surface area contributed by atoms with Crippen molar-refractivity contribution >= 4 is 17.7 Å². The highest BCUT2D eigenvalue weighted by atomic mass is 19.3. The SMILES string of the molecule is COC(=O)c1cc(NCc2ccc(OC)cc2OC)nc(N2CCC(F)(F)CC2)n1. The average molecular weight is 422 g/mol. The molecule has 1 N–H and O–H groups in total. The molecule has 162 valence electrons. The first-order valence-electron chi connectivity index (χ1n) is 9.40. The summed E-state index contributed by atoms with van der Waals surface area (Å²) in [5.41, 5.74) is 0.889. The Bertz CT molecular complexity index is 900. The smallest absolute Gasteiger partial charge is 0.356 e. The van der Waals surface area contributed by atoms with Crippen molar-refractivity contribution in [3.63, 3.8) is 0 Å². The Morgan fingerprint density at radius 3 is 2.50 bits per heavy atom. The molecule has 0 aliphatic carbocycles. The Kier molecular flexibility index (Phi) is 6.53. The van der Waals surface area contributed by atoms with E-state index >= 15 is 0 Å². The minimum absolute atomic E-state index is 0.0454. The van der Waals surface area contributed by atoms with Crippen LogP contribution in [0.2, 0.25) is 0 Å². The molecular weight excluding hydrogens is 398 g/mol. The zero-order chi connectivity index (χ0) is 21.7. The molecular formula is C20H24F2N4O4. The molecule has 1 aliphatic rings. The van der Waals surface area contributed by atoms with E-state index < -0.39 is 11.9 Å². The van der Waals surface area contributed by atoms with Crippen LogP contribution in [0.15, 0.2) is 24.3 Å². The third-order valence-corrected chi connectivity index (χ3v) is 4.84. The molecule has 2 heterocycles. The van der Waals surface area contributed by atoms with Gasteiger partial charge < -0.3 is 24.4 Å². The van der Waals surface area contributed by atoms with Gasteiger partial charge in [-0.2, -0.15) is 4.98 Å². The number of piperidine rings is 1. The molecule has 8 nitrogen and oxygen atoms in total. The fourth-order valence-electron chi connectivity index (χ4n) is 3.09. The number of nitrogens with one attached hydrogen (secondary N) is 1. The number of hydrogen-bond donors (Lipinski definition) is 1. The molecule has 2 aromatic rings. The van der Waals surface area contributed by atoms with Crippen molar-refractivity contribution in [3.8, 4) is 11.5 Å². The Labute approximate surface area is 173 Å². The summed E-state index contributed by atoms with van der Waals surface area (Å²) >= 11 is 0. The van der Waals surface area contributed by atoms with Gasteiger partial charge in [-0.25, -0.2) is 18.6 Å². The molecule has 1 aromatic carbocycles. The van der Waals surface area contributed by atoms with Crippen LogP contribution in [0.4, 0.5) is 20.5 Å². The van der Waals surface area contributed by atoms with E-state index in [9.17, 15) is 13.6 Å². The molecule has 0 radical (unpaired) electrons. The maximum Gasteiger partial charge on any atom is 0.356 e. The van der Waals surface area contributed by atoms with Crippen LogP contribution < -0.4 is 19.7 Å². The Morgan fingerprint density at radius 2 is 1.87 bits per heavy atom. The summed E-state index contributed by atoms with van der Waals surface area (Å²) < 4.78 is 42.3. The molecule has 30 heavy (non-hydrogen) atoms. The highest BCUT2D eigenvalue weighted by Crippen LogP contribution is 2.30. The number of carbonyl (C=O) groups excluding carboxylic acids is 1. The quantitative estimate of drug-likeness (QED) is 0.682. The summed E-state index contributed by atoms with van der Waals surface area (Å²) in [5.74, 6) is -1.46. The molecule has 0 bridgehead atoms. The Hall–Kier alpha value is -3.17. The van der Waals surface area contributed by atoms with Gasteiger partial charge >= 0.3 is 5.97 Å². The molecule has 3 rings (SSSR count). The second-order valence-corrected chi connectivity index (χ2v) is 6.80. The predicted octanol–water partition coefficient (Wildman–Crippen LogP) is 3.13. The third-order valence-electron chi connectivity index (χ3n) is 4.84. The molecule has 0 saturated carbocycles. The lowest BCUT2D eigenvalue weighted by molar-refractivity contribution is -0.0222. The molecule has 0 unspecified atom stereocenters. The van der Waals surface area contributed by atoms with Gasteiger partial charge in [0.25, 0.3) is 5.92 Å². The minimum atomic E-state index is -2.69. The van der Waals surface area contributed by atoms with E-state index in [1.165, 1.54) is 13.2 Å². The van der Waals surface area contributed by atoms with E-state index in [2.05, 4.69) is 15.3 Å². The fourth-order valence-corrected chi connectivity index (χ4v) is 3.09. The molecule has 1 aromatic heterocycles. The summed E-state index contributed by atoms with van der Waals surface area (Å²) in [6, 6.07) is 6.87. The number of anilines is 2. The summed E-state index contributed by atoms with van der Waals surface area (Å²) in [7, 11) is 4.38. The first-order chi connectivity index (χ1) is 14.3. The van der Waals surface area contributed by atoms with Gasteiger partial charge in [-0.3, -0.25) is 0 Å². The molecule has 10 heteroatoms. The van der Waals surface area contributed by atoms with Gasteiger partial charge in [-0.1, -0.05) is 0 Å². The zero-order valence-electron chi connectivity index (χ0n) is 17.1. The van der Waals surface area contributed by atoms with E-state index in [1.807, 2.05) is 6.07 Å². The van der Waals surface area contributed by atoms with Gasteiger partial charge in [0.05, 0.1) is 21.3 Å². The summed E-state index contributed by atoms with van der Waals surface area (Å²) in [4.78, 5) is 22.3. The van der Waals surface area contributed by atoms with Crippen molar-refractivity contribution in [2.24, 2.45) is 0 Å². The molecule has 0 atom stereocenters. The number of carbonyl (C=O) groups is 1. The number of aromatic nitrogens is 2. The Balaban J connectivity index is 1.83. The van der Waals surface area contributed by atoms with Gasteiger partial charge in [0, 0.05) is 50.2 Å². The normalized spacial score (nSPS) is 15.4. The second kappa shape index (κ2) is 9.10. The third kappa shape index (κ3) is 5.05. The highest BCUT2D eigenvalue weighted by Gasteiger charge is 2.35. The first kappa shape index (κ1) is 21.5. The van der Waals surface area contributed by atoms with E-state index in [1.54, 1.807) is 31.3 Å². The number of nitrogens with zero attached hydrogens (tertiary/aromatic N) is 3. The number of methoxy groups -OCH3 is 3. The molecule has 1 saturated heterocycles. The van der Waals surface area contributed by atoms with Crippen molar-refractivity contribution in [2.75, 3.05) is 44.6 Å². The largest absolute Gasteiger partial charge is 0.497 e. The van der Waals surface area contributed by atoms with E-state index in [-0.39, 0.29) is 37.6 Å². The van der Waals surface area contributed by atoms with Gasteiger partial charge in [0.1, 0.15) is 17.3 Å². The summed E-state index contributed by atoms with van der Waals surface area (Å²) in [6.07, 6.45) is -0.574. The van der Waals surface area contributed by atoms with Gasteiger partial charge in [0.2, 0.25) is 5.95 Å². The van der Waals surface area contributed by atoms with Crippen molar-refractivity contribution in [3.05, 3.63) is 35.5 Å². The molecule has 0 spiro atoms. The van der Waals surface area contributed by atoms with Crippen molar-refractivity contribution in [1.29, 1.82) is 0 Å². The molecule has 0 amide bonds. The number of esters is 1. The van der Waals surface area contributed by atoms with Crippen molar-refractivity contribution < 1.29 is 27.8 Å².